The quantitative estimate of drug-likeness (QED) is 0.844. The third-order valence-electron chi connectivity index (χ3n) is 3.62. The molecule has 1 aromatic rings. The number of hydrogen-bond donors (Lipinski definition) is 1. The molecular formula is C13H16BrF2N. The highest BCUT2D eigenvalue weighted by Crippen LogP contribution is 2.38. The highest BCUT2D eigenvalue weighted by molar-refractivity contribution is 9.10. The van der Waals surface area contributed by atoms with Crippen LogP contribution < -0.4 is 5.73 Å². The normalized spacial score (nSPS) is 19.1. The zero-order valence-corrected chi connectivity index (χ0v) is 11.3. The molecule has 17 heavy (non-hydrogen) atoms. The van der Waals surface area contributed by atoms with Gasteiger partial charge in [-0.05, 0) is 59.2 Å². The summed E-state index contributed by atoms with van der Waals surface area (Å²) in [5.41, 5.74) is 6.13. The van der Waals surface area contributed by atoms with Gasteiger partial charge in [-0.2, -0.15) is 0 Å². The highest BCUT2D eigenvalue weighted by Gasteiger charge is 2.32. The van der Waals surface area contributed by atoms with Crippen LogP contribution in [-0.4, -0.2) is 6.04 Å². The Bertz CT molecular complexity index is 418. The molecule has 1 aromatic carbocycles. The fraction of sp³-hybridized carbons (Fsp3) is 0.538. The van der Waals surface area contributed by atoms with Gasteiger partial charge < -0.3 is 5.73 Å². The summed E-state index contributed by atoms with van der Waals surface area (Å²) in [6.45, 7) is 2.07. The van der Waals surface area contributed by atoms with Crippen molar-refractivity contribution < 1.29 is 8.78 Å². The largest absolute Gasteiger partial charge is 0.327 e. The van der Waals surface area contributed by atoms with Crippen LogP contribution in [0.3, 0.4) is 0 Å². The minimum atomic E-state index is -0.525. The molecule has 2 N–H and O–H groups in total. The fourth-order valence-electron chi connectivity index (χ4n) is 2.15. The minimum absolute atomic E-state index is 0.0966. The molecule has 1 aliphatic rings. The highest BCUT2D eigenvalue weighted by atomic mass is 79.9. The Balaban J connectivity index is 2.14. The van der Waals surface area contributed by atoms with Crippen molar-refractivity contribution in [2.24, 2.45) is 17.6 Å². The minimum Gasteiger partial charge on any atom is -0.327 e. The average molecular weight is 304 g/mol. The van der Waals surface area contributed by atoms with Gasteiger partial charge in [-0.25, -0.2) is 8.78 Å². The zero-order chi connectivity index (χ0) is 12.6. The molecule has 0 amide bonds. The first-order chi connectivity index (χ1) is 8.00. The summed E-state index contributed by atoms with van der Waals surface area (Å²) in [5, 5.41) is 0. The molecule has 1 nitrogen and oxygen atoms in total. The standard InChI is InChI=1S/C13H16BrF2N/c1-7(8-2-3-8)12(17)6-9-11(15)5-4-10(14)13(9)16/h4-5,7-8,12H,2-3,6,17H2,1H3. The predicted molar refractivity (Wildman–Crippen MR) is 67.6 cm³/mol. The van der Waals surface area contributed by atoms with Gasteiger partial charge in [-0.3, -0.25) is 0 Å². The van der Waals surface area contributed by atoms with E-state index in [1.807, 2.05) is 0 Å². The first kappa shape index (κ1) is 13.0. The zero-order valence-electron chi connectivity index (χ0n) is 9.72. The molecule has 2 atom stereocenters. The molecule has 0 aliphatic heterocycles. The Hall–Kier alpha value is -0.480. The van der Waals surface area contributed by atoms with Gasteiger partial charge in [0, 0.05) is 11.6 Å². The lowest BCUT2D eigenvalue weighted by molar-refractivity contribution is 0.394. The molecule has 0 aromatic heterocycles. The SMILES string of the molecule is CC(C(N)Cc1c(F)ccc(Br)c1F)C1CC1. The van der Waals surface area contributed by atoms with Crippen LogP contribution >= 0.6 is 15.9 Å². The third kappa shape index (κ3) is 2.86. The van der Waals surface area contributed by atoms with Gasteiger partial charge in [-0.1, -0.05) is 6.92 Å². The van der Waals surface area contributed by atoms with Crippen LogP contribution in [0.4, 0.5) is 8.78 Å². The molecule has 2 rings (SSSR count). The van der Waals surface area contributed by atoms with Gasteiger partial charge in [0.15, 0.2) is 0 Å². The maximum absolute atomic E-state index is 13.8. The average Bonchev–Trinajstić information content (AvgIpc) is 3.12. The van der Waals surface area contributed by atoms with Crippen LogP contribution in [0.1, 0.15) is 25.3 Å². The van der Waals surface area contributed by atoms with Crippen molar-refractivity contribution in [1.82, 2.24) is 0 Å². The van der Waals surface area contributed by atoms with Gasteiger partial charge in [0.1, 0.15) is 11.6 Å². The molecule has 1 aliphatic carbocycles. The maximum atomic E-state index is 13.8. The first-order valence-corrected chi connectivity index (χ1v) is 6.68. The van der Waals surface area contributed by atoms with Crippen molar-refractivity contribution in [3.8, 4) is 0 Å². The lowest BCUT2D eigenvalue weighted by Gasteiger charge is -2.20. The molecule has 0 radical (unpaired) electrons. The Morgan fingerprint density at radius 3 is 2.65 bits per heavy atom. The Kier molecular flexibility index (Phi) is 3.83. The second-order valence-corrected chi connectivity index (χ2v) is 5.74. The number of hydrogen-bond acceptors (Lipinski definition) is 1. The summed E-state index contributed by atoms with van der Waals surface area (Å²) in [4.78, 5) is 0. The van der Waals surface area contributed by atoms with E-state index in [0.29, 0.717) is 16.3 Å². The van der Waals surface area contributed by atoms with Crippen molar-refractivity contribution >= 4 is 15.9 Å². The smallest absolute Gasteiger partial charge is 0.143 e. The summed E-state index contributed by atoms with van der Waals surface area (Å²) < 4.78 is 27.6. The summed E-state index contributed by atoms with van der Waals surface area (Å²) in [6.07, 6.45) is 2.64. The van der Waals surface area contributed by atoms with Crippen molar-refractivity contribution in [3.05, 3.63) is 33.8 Å². The summed E-state index contributed by atoms with van der Waals surface area (Å²) >= 11 is 3.07. The number of nitrogens with two attached hydrogens (primary N) is 1. The Morgan fingerprint density at radius 2 is 2.06 bits per heavy atom. The van der Waals surface area contributed by atoms with Crippen molar-refractivity contribution in [2.45, 2.75) is 32.2 Å². The van der Waals surface area contributed by atoms with E-state index in [4.69, 9.17) is 5.73 Å². The van der Waals surface area contributed by atoms with E-state index in [9.17, 15) is 8.78 Å². The molecule has 2 unspecified atom stereocenters. The van der Waals surface area contributed by atoms with Crippen LogP contribution in [0.15, 0.2) is 16.6 Å². The second kappa shape index (κ2) is 5.02. The second-order valence-electron chi connectivity index (χ2n) is 4.89. The van der Waals surface area contributed by atoms with E-state index in [0.717, 1.165) is 0 Å². The molecule has 4 heteroatoms. The first-order valence-electron chi connectivity index (χ1n) is 5.88. The van der Waals surface area contributed by atoms with Gasteiger partial charge in [-0.15, -0.1) is 0 Å². The fourth-order valence-corrected chi connectivity index (χ4v) is 2.52. The predicted octanol–water partition coefficient (Wildman–Crippen LogP) is 3.64. The van der Waals surface area contributed by atoms with Crippen LogP contribution in [0.2, 0.25) is 0 Å². The number of benzene rings is 1. The Morgan fingerprint density at radius 1 is 1.41 bits per heavy atom. The maximum Gasteiger partial charge on any atom is 0.143 e. The van der Waals surface area contributed by atoms with E-state index in [1.165, 1.54) is 25.0 Å². The topological polar surface area (TPSA) is 26.0 Å². The van der Waals surface area contributed by atoms with Gasteiger partial charge in [0.2, 0.25) is 0 Å². The molecular weight excluding hydrogens is 288 g/mol. The molecule has 0 bridgehead atoms. The van der Waals surface area contributed by atoms with Crippen LogP contribution in [0.5, 0.6) is 0 Å². The van der Waals surface area contributed by atoms with Crippen molar-refractivity contribution in [3.63, 3.8) is 0 Å². The lowest BCUT2D eigenvalue weighted by atomic mass is 9.91. The van der Waals surface area contributed by atoms with E-state index in [2.05, 4.69) is 22.9 Å². The van der Waals surface area contributed by atoms with E-state index >= 15 is 0 Å². The third-order valence-corrected chi connectivity index (χ3v) is 4.23. The van der Waals surface area contributed by atoms with Crippen LogP contribution in [0, 0.1) is 23.5 Å². The lowest BCUT2D eigenvalue weighted by Crippen LogP contribution is -2.32. The molecule has 0 spiro atoms. The Labute approximate surface area is 109 Å². The van der Waals surface area contributed by atoms with Gasteiger partial charge >= 0.3 is 0 Å². The summed E-state index contributed by atoms with van der Waals surface area (Å²) in [6, 6.07) is 2.47. The molecule has 0 heterocycles. The molecule has 1 saturated carbocycles. The van der Waals surface area contributed by atoms with E-state index in [-0.39, 0.29) is 18.0 Å². The monoisotopic (exact) mass is 303 g/mol. The van der Waals surface area contributed by atoms with Gasteiger partial charge in [0.05, 0.1) is 4.47 Å². The van der Waals surface area contributed by atoms with Gasteiger partial charge in [0.25, 0.3) is 0 Å². The van der Waals surface area contributed by atoms with E-state index < -0.39 is 11.6 Å². The van der Waals surface area contributed by atoms with Crippen LogP contribution in [-0.2, 0) is 6.42 Å². The van der Waals surface area contributed by atoms with Crippen molar-refractivity contribution in [2.75, 3.05) is 0 Å². The molecule has 0 saturated heterocycles. The number of halogens is 3. The molecule has 94 valence electrons. The number of rotatable bonds is 4. The molecule has 1 fully saturated rings. The summed E-state index contributed by atoms with van der Waals surface area (Å²) in [7, 11) is 0. The van der Waals surface area contributed by atoms with Crippen LogP contribution in [0.25, 0.3) is 0 Å². The summed E-state index contributed by atoms with van der Waals surface area (Å²) in [5.74, 6) is -0.0661. The van der Waals surface area contributed by atoms with Crippen molar-refractivity contribution in [1.29, 1.82) is 0 Å². The van der Waals surface area contributed by atoms with E-state index in [1.54, 1.807) is 0 Å².